The summed E-state index contributed by atoms with van der Waals surface area (Å²) in [6, 6.07) is 10.9. The van der Waals surface area contributed by atoms with Gasteiger partial charge in [-0.1, -0.05) is 23.5 Å². The number of halogens is 1. The zero-order valence-electron chi connectivity index (χ0n) is 14.5. The fourth-order valence-corrected chi connectivity index (χ4v) is 3.59. The fraction of sp³-hybridized carbons (Fsp3) is 0.0526. The Morgan fingerprint density at radius 1 is 1.14 bits per heavy atom. The molecule has 0 bridgehead atoms. The van der Waals surface area contributed by atoms with E-state index in [1.807, 2.05) is 0 Å². The molecule has 2 amide bonds. The molecule has 2 N–H and O–H groups in total. The molecule has 2 heterocycles. The third-order valence-corrected chi connectivity index (χ3v) is 4.73. The maximum atomic E-state index is 13.5. The maximum Gasteiger partial charge on any atom is 0.278 e. The second-order valence-corrected chi connectivity index (χ2v) is 6.91. The van der Waals surface area contributed by atoms with Gasteiger partial charge in [0.15, 0.2) is 23.0 Å². The molecular formula is C19H13FN4O3S. The van der Waals surface area contributed by atoms with Gasteiger partial charge in [-0.15, -0.1) is 0 Å². The predicted molar refractivity (Wildman–Crippen MR) is 104 cm³/mol. The van der Waals surface area contributed by atoms with E-state index in [0.717, 1.165) is 11.1 Å². The Hall–Kier alpha value is -3.59. The zero-order chi connectivity index (χ0) is 19.7. The lowest BCUT2D eigenvalue weighted by molar-refractivity contribution is -0.114. The largest absolute Gasteiger partial charge is 0.443 e. The van der Waals surface area contributed by atoms with E-state index in [2.05, 4.69) is 20.6 Å². The van der Waals surface area contributed by atoms with Crippen molar-refractivity contribution in [1.82, 2.24) is 9.97 Å². The summed E-state index contributed by atoms with van der Waals surface area (Å²) in [6.07, 6.45) is 1.14. The van der Waals surface area contributed by atoms with Crippen LogP contribution in [0.5, 0.6) is 0 Å². The maximum absolute atomic E-state index is 13.5. The molecule has 0 aliphatic rings. The van der Waals surface area contributed by atoms with Crippen LogP contribution in [-0.4, -0.2) is 21.8 Å². The number of carbonyl (C=O) groups is 2. The molecule has 0 radical (unpaired) electrons. The quantitative estimate of drug-likeness (QED) is 0.536. The number of nitrogens with zero attached hydrogens (tertiary/aromatic N) is 2. The minimum atomic E-state index is -0.487. The van der Waals surface area contributed by atoms with E-state index < -0.39 is 11.7 Å². The second kappa shape index (κ2) is 7.20. The Kier molecular flexibility index (Phi) is 4.58. The van der Waals surface area contributed by atoms with Crippen molar-refractivity contribution in [2.75, 3.05) is 10.6 Å². The minimum absolute atomic E-state index is 0.0499. The Labute approximate surface area is 162 Å². The van der Waals surface area contributed by atoms with E-state index in [9.17, 15) is 14.0 Å². The van der Waals surface area contributed by atoms with E-state index in [0.29, 0.717) is 21.9 Å². The van der Waals surface area contributed by atoms with Gasteiger partial charge in [0.25, 0.3) is 5.91 Å². The van der Waals surface area contributed by atoms with E-state index in [-0.39, 0.29) is 17.4 Å². The van der Waals surface area contributed by atoms with E-state index in [1.165, 1.54) is 36.5 Å². The normalized spacial score (nSPS) is 10.8. The zero-order valence-corrected chi connectivity index (χ0v) is 15.3. The van der Waals surface area contributed by atoms with E-state index >= 15 is 0 Å². The molecule has 140 valence electrons. The average Bonchev–Trinajstić information content (AvgIpc) is 3.27. The van der Waals surface area contributed by atoms with Crippen LogP contribution in [0.15, 0.2) is 53.3 Å². The van der Waals surface area contributed by atoms with Crippen molar-refractivity contribution < 1.29 is 18.4 Å². The lowest BCUT2D eigenvalue weighted by atomic mass is 10.1. The van der Waals surface area contributed by atoms with Gasteiger partial charge in [-0.3, -0.25) is 9.59 Å². The number of thiazole rings is 1. The highest BCUT2D eigenvalue weighted by Crippen LogP contribution is 2.29. The number of benzene rings is 2. The van der Waals surface area contributed by atoms with Gasteiger partial charge in [-0.2, -0.15) is 0 Å². The van der Waals surface area contributed by atoms with Gasteiger partial charge < -0.3 is 15.1 Å². The van der Waals surface area contributed by atoms with Crippen molar-refractivity contribution in [2.24, 2.45) is 0 Å². The molecule has 0 atom stereocenters. The highest BCUT2D eigenvalue weighted by Gasteiger charge is 2.19. The van der Waals surface area contributed by atoms with Crippen LogP contribution in [0.3, 0.4) is 0 Å². The Morgan fingerprint density at radius 3 is 2.79 bits per heavy atom. The van der Waals surface area contributed by atoms with Crippen molar-refractivity contribution in [3.05, 3.63) is 60.4 Å². The summed E-state index contributed by atoms with van der Waals surface area (Å²) in [6.45, 7) is 1.41. The van der Waals surface area contributed by atoms with Crippen LogP contribution in [0.2, 0.25) is 0 Å². The SMILES string of the molecule is CC(=O)Nc1nc2ccc(NC(=O)c3ncoc3-c3cccc(F)c3)cc2s1. The molecule has 0 aliphatic carbocycles. The third kappa shape index (κ3) is 3.60. The number of amides is 2. The number of hydrogen-bond acceptors (Lipinski definition) is 6. The Morgan fingerprint density at radius 2 is 2.00 bits per heavy atom. The topological polar surface area (TPSA) is 97.1 Å². The van der Waals surface area contributed by atoms with Gasteiger partial charge in [0, 0.05) is 18.2 Å². The highest BCUT2D eigenvalue weighted by molar-refractivity contribution is 7.22. The lowest BCUT2D eigenvalue weighted by Crippen LogP contribution is -2.13. The molecule has 7 nitrogen and oxygen atoms in total. The van der Waals surface area contributed by atoms with Gasteiger partial charge in [0.2, 0.25) is 5.91 Å². The molecule has 2 aromatic carbocycles. The predicted octanol–water partition coefficient (Wildman–Crippen LogP) is 4.30. The van der Waals surface area contributed by atoms with Gasteiger partial charge >= 0.3 is 0 Å². The summed E-state index contributed by atoms with van der Waals surface area (Å²) < 4.78 is 19.6. The van der Waals surface area contributed by atoms with E-state index in [1.54, 1.807) is 24.3 Å². The number of oxazole rings is 1. The number of fused-ring (bicyclic) bond motifs is 1. The van der Waals surface area contributed by atoms with Crippen LogP contribution in [0.25, 0.3) is 21.5 Å². The standard InChI is InChI=1S/C19H13FN4O3S/c1-10(25)22-19-24-14-6-5-13(8-15(14)28-19)23-18(26)16-17(27-9-21-16)11-3-2-4-12(20)7-11/h2-9H,1H3,(H,23,26)(H,22,24,25). The van der Waals surface area contributed by atoms with Crippen molar-refractivity contribution in [1.29, 1.82) is 0 Å². The van der Waals surface area contributed by atoms with Crippen LogP contribution >= 0.6 is 11.3 Å². The summed E-state index contributed by atoms with van der Waals surface area (Å²) in [5.41, 5.74) is 1.70. The minimum Gasteiger partial charge on any atom is -0.443 e. The summed E-state index contributed by atoms with van der Waals surface area (Å²) >= 11 is 1.30. The molecule has 0 unspecified atom stereocenters. The number of nitrogens with one attached hydrogen (secondary N) is 2. The molecule has 0 spiro atoms. The lowest BCUT2D eigenvalue weighted by Gasteiger charge is -2.05. The molecule has 2 aromatic heterocycles. The summed E-state index contributed by atoms with van der Waals surface area (Å²) in [7, 11) is 0. The molecule has 0 saturated carbocycles. The first-order valence-electron chi connectivity index (χ1n) is 8.18. The molecule has 0 saturated heterocycles. The monoisotopic (exact) mass is 396 g/mol. The Balaban J connectivity index is 1.59. The van der Waals surface area contributed by atoms with Crippen molar-refractivity contribution >= 4 is 44.2 Å². The number of carbonyl (C=O) groups excluding carboxylic acids is 2. The van der Waals surface area contributed by atoms with Crippen LogP contribution in [0.1, 0.15) is 17.4 Å². The first-order chi connectivity index (χ1) is 13.5. The number of aromatic nitrogens is 2. The molecule has 4 rings (SSSR count). The number of rotatable bonds is 4. The van der Waals surface area contributed by atoms with Gasteiger partial charge in [0.1, 0.15) is 5.82 Å². The molecule has 0 aliphatic heterocycles. The Bertz CT molecular complexity index is 1200. The number of anilines is 2. The highest BCUT2D eigenvalue weighted by atomic mass is 32.1. The van der Waals surface area contributed by atoms with Crippen LogP contribution in [-0.2, 0) is 4.79 Å². The van der Waals surface area contributed by atoms with Crippen molar-refractivity contribution in [3.8, 4) is 11.3 Å². The average molecular weight is 396 g/mol. The van der Waals surface area contributed by atoms with Crippen LogP contribution < -0.4 is 10.6 Å². The first-order valence-corrected chi connectivity index (χ1v) is 9.00. The third-order valence-electron chi connectivity index (χ3n) is 3.80. The van der Waals surface area contributed by atoms with Crippen LogP contribution in [0, 0.1) is 5.82 Å². The van der Waals surface area contributed by atoms with Gasteiger partial charge in [-0.05, 0) is 30.3 Å². The summed E-state index contributed by atoms with van der Waals surface area (Å²) in [5, 5.41) is 5.87. The van der Waals surface area contributed by atoms with Gasteiger partial charge in [0.05, 0.1) is 10.2 Å². The molecule has 0 fully saturated rings. The smallest absolute Gasteiger partial charge is 0.278 e. The van der Waals surface area contributed by atoms with Crippen molar-refractivity contribution in [2.45, 2.75) is 6.92 Å². The summed E-state index contributed by atoms with van der Waals surface area (Å²) in [4.78, 5) is 32.1. The number of hydrogen-bond donors (Lipinski definition) is 2. The summed E-state index contributed by atoms with van der Waals surface area (Å²) in [5.74, 6) is -0.947. The van der Waals surface area contributed by atoms with Crippen LogP contribution in [0.4, 0.5) is 15.2 Å². The molecule has 9 heteroatoms. The molecule has 4 aromatic rings. The van der Waals surface area contributed by atoms with E-state index in [4.69, 9.17) is 4.42 Å². The molecule has 28 heavy (non-hydrogen) atoms. The molecular weight excluding hydrogens is 383 g/mol. The second-order valence-electron chi connectivity index (χ2n) is 5.88. The van der Waals surface area contributed by atoms with Crippen molar-refractivity contribution in [3.63, 3.8) is 0 Å². The van der Waals surface area contributed by atoms with Gasteiger partial charge in [-0.25, -0.2) is 14.4 Å². The first kappa shape index (κ1) is 17.8. The fourth-order valence-electron chi connectivity index (χ4n) is 2.64.